The lowest BCUT2D eigenvalue weighted by atomic mass is 10.0. The number of carbonyl (C=O) groups is 2. The number of ketones is 1. The minimum atomic E-state index is -0.570. The van der Waals surface area contributed by atoms with Gasteiger partial charge in [0.25, 0.3) is 0 Å². The molecule has 6 nitrogen and oxygen atoms in total. The second-order valence-corrected chi connectivity index (χ2v) is 4.41. The molecule has 2 radical (unpaired) electrons. The molecule has 0 saturated carbocycles. The lowest BCUT2D eigenvalue weighted by molar-refractivity contribution is -0.118. The van der Waals surface area contributed by atoms with Crippen molar-refractivity contribution in [3.05, 3.63) is 10.4 Å². The van der Waals surface area contributed by atoms with Gasteiger partial charge >= 0.3 is 0 Å². The highest BCUT2D eigenvalue weighted by atomic mass is 16.1. The molecule has 0 spiro atoms. The van der Waals surface area contributed by atoms with Crippen LogP contribution in [-0.2, 0) is 4.79 Å². The van der Waals surface area contributed by atoms with Gasteiger partial charge < -0.3 is 4.90 Å². The van der Waals surface area contributed by atoms with Crippen LogP contribution in [0, 0.1) is 0 Å². The summed E-state index contributed by atoms with van der Waals surface area (Å²) in [4.78, 5) is 26.2. The van der Waals surface area contributed by atoms with Crippen LogP contribution in [0.3, 0.4) is 0 Å². The SMILES string of the molecule is [B]C(=O)N(C)C(C)CCCCC(N=[N+]=[N-])C(C)=O. The number of rotatable bonds is 8. The first-order valence-corrected chi connectivity index (χ1v) is 5.97. The number of amides is 1. The monoisotopic (exact) mass is 250 g/mol. The van der Waals surface area contributed by atoms with Crippen molar-refractivity contribution in [3.63, 3.8) is 0 Å². The molecular formula is C11H19BN4O2. The van der Waals surface area contributed by atoms with Crippen LogP contribution in [0.25, 0.3) is 10.4 Å². The van der Waals surface area contributed by atoms with E-state index in [1.165, 1.54) is 11.8 Å². The molecule has 0 aliphatic heterocycles. The van der Waals surface area contributed by atoms with Crippen molar-refractivity contribution < 1.29 is 9.59 Å². The summed E-state index contributed by atoms with van der Waals surface area (Å²) in [5.41, 5.74) is 8.31. The Morgan fingerprint density at radius 2 is 1.94 bits per heavy atom. The van der Waals surface area contributed by atoms with Gasteiger partial charge in [0.2, 0.25) is 7.85 Å². The molecule has 0 N–H and O–H groups in total. The van der Waals surface area contributed by atoms with E-state index in [9.17, 15) is 9.59 Å². The van der Waals surface area contributed by atoms with Crippen LogP contribution in [0.1, 0.15) is 39.5 Å². The van der Waals surface area contributed by atoms with Crippen LogP contribution >= 0.6 is 0 Å². The molecule has 2 unspecified atom stereocenters. The number of unbranched alkanes of at least 4 members (excludes halogenated alkanes) is 1. The predicted octanol–water partition coefficient (Wildman–Crippen LogP) is 2.42. The smallest absolute Gasteiger partial charge is 0.200 e. The van der Waals surface area contributed by atoms with Crippen molar-refractivity contribution in [1.29, 1.82) is 0 Å². The first-order valence-electron chi connectivity index (χ1n) is 5.97. The number of nitrogens with zero attached hydrogens (tertiary/aromatic N) is 4. The molecule has 0 aliphatic carbocycles. The van der Waals surface area contributed by atoms with Crippen molar-refractivity contribution in [2.45, 2.75) is 51.6 Å². The van der Waals surface area contributed by atoms with Gasteiger partial charge in [-0.1, -0.05) is 18.0 Å². The maximum Gasteiger partial charge on any atom is 0.200 e. The van der Waals surface area contributed by atoms with Crippen molar-refractivity contribution in [2.75, 3.05) is 7.05 Å². The highest BCUT2D eigenvalue weighted by Gasteiger charge is 2.13. The third kappa shape index (κ3) is 6.30. The van der Waals surface area contributed by atoms with Crippen molar-refractivity contribution in [1.82, 2.24) is 4.90 Å². The Morgan fingerprint density at radius 1 is 1.39 bits per heavy atom. The number of hydrogen-bond acceptors (Lipinski definition) is 3. The van der Waals surface area contributed by atoms with E-state index in [1.807, 2.05) is 6.92 Å². The zero-order valence-corrected chi connectivity index (χ0v) is 11.2. The molecule has 0 aromatic heterocycles. The normalized spacial score (nSPS) is 13.3. The molecule has 98 valence electrons. The Hall–Kier alpha value is -1.49. The Labute approximate surface area is 109 Å². The molecule has 18 heavy (non-hydrogen) atoms. The van der Waals surface area contributed by atoms with Crippen LogP contribution in [-0.4, -0.2) is 43.5 Å². The van der Waals surface area contributed by atoms with Gasteiger partial charge in [-0.3, -0.25) is 9.59 Å². The summed E-state index contributed by atoms with van der Waals surface area (Å²) >= 11 is 0. The molecule has 0 heterocycles. The van der Waals surface area contributed by atoms with Crippen LogP contribution < -0.4 is 0 Å². The maximum absolute atomic E-state index is 11.1. The van der Waals surface area contributed by atoms with E-state index < -0.39 is 11.8 Å². The Morgan fingerprint density at radius 3 is 2.39 bits per heavy atom. The number of carbonyl (C=O) groups excluding carboxylic acids is 2. The van der Waals surface area contributed by atoms with Gasteiger partial charge in [0.05, 0.1) is 6.04 Å². The molecule has 0 rings (SSSR count). The van der Waals surface area contributed by atoms with Crippen molar-refractivity contribution in [2.24, 2.45) is 5.11 Å². The van der Waals surface area contributed by atoms with E-state index in [4.69, 9.17) is 13.4 Å². The lowest BCUT2D eigenvalue weighted by Crippen LogP contribution is -2.34. The largest absolute Gasteiger partial charge is 0.353 e. The minimum absolute atomic E-state index is 0.0674. The number of Topliss-reactive ketones (excluding diaryl/α,β-unsaturated/α-hetero) is 1. The summed E-state index contributed by atoms with van der Waals surface area (Å²) in [5.74, 6) is -0.562. The highest BCUT2D eigenvalue weighted by molar-refractivity contribution is 6.56. The summed E-state index contributed by atoms with van der Waals surface area (Å²) in [6.45, 7) is 3.34. The molecule has 1 amide bonds. The molecule has 0 aliphatic rings. The molecule has 0 aromatic rings. The van der Waals surface area contributed by atoms with E-state index in [-0.39, 0.29) is 11.8 Å². The summed E-state index contributed by atoms with van der Waals surface area (Å²) < 4.78 is 0. The lowest BCUT2D eigenvalue weighted by Gasteiger charge is -2.24. The standard InChI is InChI=1S/C11H19BN4O2/c1-8(16(3)11(12)18)6-4-5-7-10(9(2)17)14-15-13/h8,10H,4-7H2,1-3H3. The molecule has 2 atom stereocenters. The van der Waals surface area contributed by atoms with Gasteiger partial charge in [-0.05, 0) is 32.2 Å². The molecule has 7 heteroatoms. The zero-order valence-electron chi connectivity index (χ0n) is 11.2. The van der Waals surface area contributed by atoms with Crippen molar-refractivity contribution >= 4 is 19.4 Å². The summed E-state index contributed by atoms with van der Waals surface area (Å²) in [6, 6.07) is -0.503. The fraction of sp³-hybridized carbons (Fsp3) is 0.818. The van der Waals surface area contributed by atoms with Crippen LogP contribution in [0.5, 0.6) is 0 Å². The fourth-order valence-electron chi connectivity index (χ4n) is 1.59. The topological polar surface area (TPSA) is 86.1 Å². The van der Waals surface area contributed by atoms with Crippen LogP contribution in [0.4, 0.5) is 4.79 Å². The Kier molecular flexibility index (Phi) is 7.87. The number of azide groups is 1. The molecule has 0 bridgehead atoms. The predicted molar refractivity (Wildman–Crippen MR) is 70.5 cm³/mol. The van der Waals surface area contributed by atoms with Gasteiger partial charge in [-0.2, -0.15) is 0 Å². The Balaban J connectivity index is 3.95. The van der Waals surface area contributed by atoms with Crippen LogP contribution in [0.2, 0.25) is 0 Å². The van der Waals surface area contributed by atoms with E-state index in [1.54, 1.807) is 7.05 Å². The molecule has 0 saturated heterocycles. The molecular weight excluding hydrogens is 231 g/mol. The van der Waals surface area contributed by atoms with E-state index >= 15 is 0 Å². The first-order chi connectivity index (χ1) is 8.40. The average Bonchev–Trinajstić information content (AvgIpc) is 2.31. The second-order valence-electron chi connectivity index (χ2n) is 4.41. The maximum atomic E-state index is 11.1. The van der Waals surface area contributed by atoms with E-state index in [2.05, 4.69) is 10.0 Å². The third-order valence-electron chi connectivity index (χ3n) is 3.02. The van der Waals surface area contributed by atoms with Crippen LogP contribution in [0.15, 0.2) is 5.11 Å². The minimum Gasteiger partial charge on any atom is -0.353 e. The van der Waals surface area contributed by atoms with Gasteiger partial charge in [0.1, 0.15) is 5.78 Å². The quantitative estimate of drug-likeness (QED) is 0.218. The van der Waals surface area contributed by atoms with E-state index in [0.29, 0.717) is 6.42 Å². The zero-order chi connectivity index (χ0) is 14.1. The van der Waals surface area contributed by atoms with E-state index in [0.717, 1.165) is 19.3 Å². The van der Waals surface area contributed by atoms with Crippen molar-refractivity contribution in [3.8, 4) is 0 Å². The first kappa shape index (κ1) is 16.5. The second kappa shape index (κ2) is 8.58. The fourth-order valence-corrected chi connectivity index (χ4v) is 1.59. The summed E-state index contributed by atoms with van der Waals surface area (Å²) in [6.07, 6.45) is 2.98. The molecule has 0 fully saturated rings. The van der Waals surface area contributed by atoms with Gasteiger partial charge in [-0.15, -0.1) is 0 Å². The third-order valence-corrected chi connectivity index (χ3v) is 3.02. The number of hydrogen-bond donors (Lipinski definition) is 0. The average molecular weight is 250 g/mol. The van der Waals surface area contributed by atoms with Gasteiger partial charge in [-0.25, -0.2) is 0 Å². The molecule has 0 aromatic carbocycles. The summed E-state index contributed by atoms with van der Waals surface area (Å²) in [5, 5.41) is 3.45. The highest BCUT2D eigenvalue weighted by Crippen LogP contribution is 2.12. The summed E-state index contributed by atoms with van der Waals surface area (Å²) in [7, 11) is 6.81. The van der Waals surface area contributed by atoms with Gasteiger partial charge in [0, 0.05) is 18.0 Å². The Bertz CT molecular complexity index is 340. The van der Waals surface area contributed by atoms with Gasteiger partial charge in [0.15, 0.2) is 5.81 Å².